The molecule has 19 heavy (non-hydrogen) atoms. The minimum Gasteiger partial charge on any atom is -0.496 e. The summed E-state index contributed by atoms with van der Waals surface area (Å²) in [5, 5.41) is 3.31. The number of para-hydroxylation sites is 1. The zero-order valence-corrected chi connectivity index (χ0v) is 11.4. The van der Waals surface area contributed by atoms with Gasteiger partial charge in [-0.05, 0) is 24.5 Å². The quantitative estimate of drug-likeness (QED) is 0.864. The topological polar surface area (TPSA) is 47.0 Å². The number of benzene rings is 1. The first-order chi connectivity index (χ1) is 9.33. The van der Waals surface area contributed by atoms with Crippen LogP contribution in [0.2, 0.25) is 0 Å². The van der Waals surface area contributed by atoms with Crippen molar-refractivity contribution in [3.05, 3.63) is 47.9 Å². The summed E-state index contributed by atoms with van der Waals surface area (Å²) in [5.74, 6) is 1.81. The van der Waals surface area contributed by atoms with Gasteiger partial charge >= 0.3 is 0 Å². The molecule has 1 N–H and O–H groups in total. The smallest absolute Gasteiger partial charge is 0.129 e. The molecule has 0 saturated carbocycles. The third kappa shape index (κ3) is 3.68. The summed E-state index contributed by atoms with van der Waals surface area (Å²) in [7, 11) is 1.70. The highest BCUT2D eigenvalue weighted by Crippen LogP contribution is 2.17. The van der Waals surface area contributed by atoms with E-state index in [0.717, 1.165) is 36.6 Å². The van der Waals surface area contributed by atoms with Crippen LogP contribution in [0.15, 0.2) is 36.7 Å². The Balaban J connectivity index is 1.92. The molecule has 0 aliphatic carbocycles. The molecule has 0 spiro atoms. The first-order valence-corrected chi connectivity index (χ1v) is 6.50. The highest BCUT2D eigenvalue weighted by atomic mass is 16.5. The van der Waals surface area contributed by atoms with Crippen molar-refractivity contribution >= 4 is 5.82 Å². The van der Waals surface area contributed by atoms with Gasteiger partial charge in [-0.15, -0.1) is 0 Å². The average molecular weight is 257 g/mol. The number of hydrogen-bond acceptors (Lipinski definition) is 4. The first-order valence-electron chi connectivity index (χ1n) is 6.50. The minimum absolute atomic E-state index is 0.820. The highest BCUT2D eigenvalue weighted by Gasteiger charge is 2.02. The van der Waals surface area contributed by atoms with Crippen LogP contribution < -0.4 is 10.1 Å². The predicted molar refractivity (Wildman–Crippen MR) is 76.6 cm³/mol. The van der Waals surface area contributed by atoms with Crippen LogP contribution >= 0.6 is 0 Å². The zero-order valence-electron chi connectivity index (χ0n) is 11.4. The third-order valence-corrected chi connectivity index (χ3v) is 2.98. The molecule has 2 aromatic rings. The number of nitrogens with zero attached hydrogens (tertiary/aromatic N) is 2. The maximum absolute atomic E-state index is 5.33. The van der Waals surface area contributed by atoms with Crippen LogP contribution in [0.25, 0.3) is 0 Å². The van der Waals surface area contributed by atoms with Crippen molar-refractivity contribution in [2.75, 3.05) is 19.0 Å². The van der Waals surface area contributed by atoms with Crippen LogP contribution in [0.3, 0.4) is 0 Å². The number of hydrogen-bond donors (Lipinski definition) is 1. The summed E-state index contributed by atoms with van der Waals surface area (Å²) in [6, 6.07) is 10.1. The molecule has 100 valence electrons. The Hall–Kier alpha value is -2.10. The molecular formula is C15H19N3O. The molecule has 2 rings (SSSR count). The fourth-order valence-electron chi connectivity index (χ4n) is 1.92. The molecule has 0 fully saturated rings. The number of aryl methyl sites for hydroxylation is 1. The van der Waals surface area contributed by atoms with Gasteiger partial charge in [-0.3, -0.25) is 0 Å². The van der Waals surface area contributed by atoms with E-state index in [1.54, 1.807) is 13.4 Å². The molecule has 0 aliphatic heterocycles. The van der Waals surface area contributed by atoms with Crippen LogP contribution in [0.1, 0.15) is 18.2 Å². The largest absolute Gasteiger partial charge is 0.496 e. The molecule has 0 bridgehead atoms. The van der Waals surface area contributed by atoms with Crippen molar-refractivity contribution in [3.8, 4) is 5.75 Å². The Kier molecular flexibility index (Phi) is 4.72. The summed E-state index contributed by atoms with van der Waals surface area (Å²) in [6.07, 6.45) is 3.42. The first kappa shape index (κ1) is 13.3. The molecule has 4 heteroatoms. The minimum atomic E-state index is 0.820. The number of methoxy groups -OCH3 is 1. The van der Waals surface area contributed by atoms with Gasteiger partial charge in [0.1, 0.15) is 17.9 Å². The van der Waals surface area contributed by atoms with Crippen molar-refractivity contribution in [3.63, 3.8) is 0 Å². The van der Waals surface area contributed by atoms with Crippen LogP contribution in [0, 0.1) is 0 Å². The summed E-state index contributed by atoms with van der Waals surface area (Å²) in [5.41, 5.74) is 2.25. The number of anilines is 1. The standard InChI is InChI=1S/C15H19N3O/c1-3-13-10-15(18-11-17-13)16-9-8-12-6-4-5-7-14(12)19-2/h4-7,10-11H,3,8-9H2,1-2H3,(H,16,17,18). The number of nitrogens with one attached hydrogen (secondary N) is 1. The van der Waals surface area contributed by atoms with Crippen LogP contribution in [0.5, 0.6) is 5.75 Å². The molecule has 1 aromatic carbocycles. The van der Waals surface area contributed by atoms with Gasteiger partial charge in [0, 0.05) is 18.3 Å². The van der Waals surface area contributed by atoms with Crippen molar-refractivity contribution in [2.45, 2.75) is 19.8 Å². The van der Waals surface area contributed by atoms with E-state index in [0.29, 0.717) is 0 Å². The Bertz CT molecular complexity index is 528. The second kappa shape index (κ2) is 6.73. The third-order valence-electron chi connectivity index (χ3n) is 2.98. The van der Waals surface area contributed by atoms with Gasteiger partial charge in [0.05, 0.1) is 7.11 Å². The molecule has 4 nitrogen and oxygen atoms in total. The van der Waals surface area contributed by atoms with Gasteiger partial charge in [0.2, 0.25) is 0 Å². The van der Waals surface area contributed by atoms with Gasteiger partial charge in [-0.2, -0.15) is 0 Å². The average Bonchev–Trinajstić information content (AvgIpc) is 2.48. The van der Waals surface area contributed by atoms with Gasteiger partial charge in [-0.25, -0.2) is 9.97 Å². The Morgan fingerprint density at radius 2 is 2.05 bits per heavy atom. The van der Waals surface area contributed by atoms with E-state index in [1.165, 1.54) is 5.56 Å². The molecule has 0 aliphatic rings. The fraction of sp³-hybridized carbons (Fsp3) is 0.333. The maximum atomic E-state index is 5.33. The lowest BCUT2D eigenvalue weighted by atomic mass is 10.1. The Morgan fingerprint density at radius 3 is 2.84 bits per heavy atom. The fourth-order valence-corrected chi connectivity index (χ4v) is 1.92. The Morgan fingerprint density at radius 1 is 1.21 bits per heavy atom. The molecule has 0 radical (unpaired) electrons. The SMILES string of the molecule is CCc1cc(NCCc2ccccc2OC)ncn1. The monoisotopic (exact) mass is 257 g/mol. The van der Waals surface area contributed by atoms with E-state index in [9.17, 15) is 0 Å². The van der Waals surface area contributed by atoms with Crippen molar-refractivity contribution in [1.82, 2.24) is 9.97 Å². The second-order valence-corrected chi connectivity index (χ2v) is 4.24. The van der Waals surface area contributed by atoms with Gasteiger partial charge < -0.3 is 10.1 Å². The van der Waals surface area contributed by atoms with Crippen LogP contribution in [-0.2, 0) is 12.8 Å². The summed E-state index contributed by atoms with van der Waals surface area (Å²) >= 11 is 0. The second-order valence-electron chi connectivity index (χ2n) is 4.24. The number of ether oxygens (including phenoxy) is 1. The van der Waals surface area contributed by atoms with Gasteiger partial charge in [-0.1, -0.05) is 25.1 Å². The van der Waals surface area contributed by atoms with Crippen LogP contribution in [-0.4, -0.2) is 23.6 Å². The van der Waals surface area contributed by atoms with Gasteiger partial charge in [0.25, 0.3) is 0 Å². The molecule has 1 heterocycles. The van der Waals surface area contributed by atoms with Gasteiger partial charge in [0.15, 0.2) is 0 Å². The predicted octanol–water partition coefficient (Wildman–Crippen LogP) is 2.70. The van der Waals surface area contributed by atoms with Crippen molar-refractivity contribution in [1.29, 1.82) is 0 Å². The highest BCUT2D eigenvalue weighted by molar-refractivity contribution is 5.37. The molecular weight excluding hydrogens is 238 g/mol. The summed E-state index contributed by atoms with van der Waals surface area (Å²) < 4.78 is 5.33. The molecule has 1 aromatic heterocycles. The van der Waals surface area contributed by atoms with Crippen molar-refractivity contribution in [2.24, 2.45) is 0 Å². The van der Waals surface area contributed by atoms with E-state index in [2.05, 4.69) is 28.3 Å². The van der Waals surface area contributed by atoms with E-state index in [4.69, 9.17) is 4.74 Å². The lowest BCUT2D eigenvalue weighted by Crippen LogP contribution is -2.07. The van der Waals surface area contributed by atoms with E-state index < -0.39 is 0 Å². The Labute approximate surface area is 113 Å². The lowest BCUT2D eigenvalue weighted by Gasteiger charge is -2.09. The van der Waals surface area contributed by atoms with E-state index >= 15 is 0 Å². The summed E-state index contributed by atoms with van der Waals surface area (Å²) in [6.45, 7) is 2.90. The number of aromatic nitrogens is 2. The van der Waals surface area contributed by atoms with E-state index in [-0.39, 0.29) is 0 Å². The molecule has 0 unspecified atom stereocenters. The maximum Gasteiger partial charge on any atom is 0.129 e. The molecule has 0 amide bonds. The number of rotatable bonds is 6. The summed E-state index contributed by atoms with van der Waals surface area (Å²) in [4.78, 5) is 8.39. The lowest BCUT2D eigenvalue weighted by molar-refractivity contribution is 0.410. The molecule has 0 atom stereocenters. The van der Waals surface area contributed by atoms with E-state index in [1.807, 2.05) is 24.3 Å². The molecule has 0 saturated heterocycles. The zero-order chi connectivity index (χ0) is 13.5. The van der Waals surface area contributed by atoms with Crippen LogP contribution in [0.4, 0.5) is 5.82 Å². The van der Waals surface area contributed by atoms with Crippen molar-refractivity contribution < 1.29 is 4.74 Å². The normalized spacial score (nSPS) is 10.2.